The lowest BCUT2D eigenvalue weighted by Crippen LogP contribution is -2.33. The van der Waals surface area contributed by atoms with Gasteiger partial charge in [0.2, 0.25) is 0 Å². The lowest BCUT2D eigenvalue weighted by atomic mass is 9.92. The van der Waals surface area contributed by atoms with Crippen LogP contribution in [0.4, 0.5) is 0 Å². The quantitative estimate of drug-likeness (QED) is 0.798. The molecular weight excluding hydrogens is 236 g/mol. The zero-order valence-corrected chi connectivity index (χ0v) is 12.9. The highest BCUT2D eigenvalue weighted by Crippen LogP contribution is 2.43. The van der Waals surface area contributed by atoms with Crippen LogP contribution in [0.2, 0.25) is 13.1 Å². The predicted octanol–water partition coefficient (Wildman–Crippen LogP) is 4.34. The highest BCUT2D eigenvalue weighted by molar-refractivity contribution is 6.72. The molecule has 0 amide bonds. The third-order valence-corrected chi connectivity index (χ3v) is 5.97. The number of fused-ring (bicyclic) bond motifs is 1. The summed E-state index contributed by atoms with van der Waals surface area (Å²) in [6.45, 7) is 8.62. The van der Waals surface area contributed by atoms with Crippen molar-refractivity contribution in [2.24, 2.45) is 5.92 Å². The van der Waals surface area contributed by atoms with Crippen LogP contribution >= 0.6 is 0 Å². The van der Waals surface area contributed by atoms with Crippen molar-refractivity contribution in [2.45, 2.75) is 45.3 Å². The molecule has 1 N–H and O–H groups in total. The SMILES string of the molecule is CCCC(C)C1=CC([Si](C)(C)O)c2ccccc21. The van der Waals surface area contributed by atoms with Gasteiger partial charge in [0.05, 0.1) is 0 Å². The van der Waals surface area contributed by atoms with Crippen LogP contribution in [-0.4, -0.2) is 13.1 Å². The van der Waals surface area contributed by atoms with Gasteiger partial charge in [-0.25, -0.2) is 0 Å². The van der Waals surface area contributed by atoms with Crippen LogP contribution in [0.3, 0.4) is 0 Å². The van der Waals surface area contributed by atoms with Gasteiger partial charge < -0.3 is 4.80 Å². The minimum Gasteiger partial charge on any atom is -0.431 e. The van der Waals surface area contributed by atoms with Crippen LogP contribution in [0, 0.1) is 5.92 Å². The topological polar surface area (TPSA) is 20.2 Å². The second kappa shape index (κ2) is 5.02. The van der Waals surface area contributed by atoms with E-state index in [4.69, 9.17) is 0 Å². The van der Waals surface area contributed by atoms with Crippen LogP contribution in [0.15, 0.2) is 30.3 Å². The molecule has 0 aliphatic heterocycles. The van der Waals surface area contributed by atoms with Crippen molar-refractivity contribution in [3.63, 3.8) is 0 Å². The third kappa shape index (κ3) is 2.45. The Hall–Kier alpha value is -0.863. The van der Waals surface area contributed by atoms with E-state index in [0.717, 1.165) is 0 Å². The van der Waals surface area contributed by atoms with Crippen LogP contribution < -0.4 is 0 Å². The van der Waals surface area contributed by atoms with Gasteiger partial charge in [-0.05, 0) is 42.1 Å². The Morgan fingerprint density at radius 3 is 2.56 bits per heavy atom. The summed E-state index contributed by atoms with van der Waals surface area (Å²) < 4.78 is 0. The zero-order valence-electron chi connectivity index (χ0n) is 11.9. The van der Waals surface area contributed by atoms with E-state index < -0.39 is 8.32 Å². The molecule has 2 heteroatoms. The summed E-state index contributed by atoms with van der Waals surface area (Å²) in [5.74, 6) is 0.595. The Morgan fingerprint density at radius 1 is 1.28 bits per heavy atom. The first kappa shape index (κ1) is 13.6. The molecular formula is C16H24OSi. The molecule has 0 bridgehead atoms. The molecule has 0 saturated carbocycles. The van der Waals surface area contributed by atoms with Crippen molar-refractivity contribution in [1.29, 1.82) is 0 Å². The first-order valence-electron chi connectivity index (χ1n) is 6.98. The Labute approximate surface area is 112 Å². The average molecular weight is 260 g/mol. The smallest absolute Gasteiger partial charge is 0.193 e. The molecule has 0 heterocycles. The van der Waals surface area contributed by atoms with Gasteiger partial charge in [-0.1, -0.05) is 50.6 Å². The molecule has 1 nitrogen and oxygen atoms in total. The fraction of sp³-hybridized carbons (Fsp3) is 0.500. The molecule has 2 rings (SSSR count). The molecule has 1 aromatic rings. The average Bonchev–Trinajstić information content (AvgIpc) is 2.68. The molecule has 0 spiro atoms. The summed E-state index contributed by atoms with van der Waals surface area (Å²) >= 11 is 0. The Bertz CT molecular complexity index is 456. The van der Waals surface area contributed by atoms with Crippen LogP contribution in [-0.2, 0) is 0 Å². The monoisotopic (exact) mass is 260 g/mol. The number of hydrogen-bond donors (Lipinski definition) is 1. The van der Waals surface area contributed by atoms with Crippen molar-refractivity contribution < 1.29 is 4.80 Å². The van der Waals surface area contributed by atoms with E-state index in [2.05, 4.69) is 44.2 Å². The Kier molecular flexibility index (Phi) is 3.78. The van der Waals surface area contributed by atoms with Gasteiger partial charge in [-0.15, -0.1) is 0 Å². The van der Waals surface area contributed by atoms with Crippen molar-refractivity contribution in [3.05, 3.63) is 41.5 Å². The molecule has 1 aliphatic rings. The second-order valence-corrected chi connectivity index (χ2v) is 9.96. The fourth-order valence-corrected chi connectivity index (χ4v) is 4.59. The van der Waals surface area contributed by atoms with Crippen LogP contribution in [0.5, 0.6) is 0 Å². The van der Waals surface area contributed by atoms with Crippen molar-refractivity contribution in [3.8, 4) is 0 Å². The lowest BCUT2D eigenvalue weighted by molar-refractivity contribution is 0.540. The number of benzene rings is 1. The van der Waals surface area contributed by atoms with Gasteiger partial charge in [0.15, 0.2) is 8.32 Å². The van der Waals surface area contributed by atoms with Gasteiger partial charge >= 0.3 is 0 Å². The van der Waals surface area contributed by atoms with Gasteiger partial charge in [0, 0.05) is 5.54 Å². The van der Waals surface area contributed by atoms with E-state index in [-0.39, 0.29) is 5.54 Å². The Balaban J connectivity index is 2.43. The highest BCUT2D eigenvalue weighted by atomic mass is 28.4. The minimum absolute atomic E-state index is 0.267. The fourth-order valence-electron chi connectivity index (χ4n) is 2.99. The third-order valence-electron chi connectivity index (χ3n) is 3.97. The molecule has 18 heavy (non-hydrogen) atoms. The molecule has 2 atom stereocenters. The number of hydrogen-bond acceptors (Lipinski definition) is 1. The summed E-state index contributed by atoms with van der Waals surface area (Å²) in [7, 11) is -2.16. The second-order valence-electron chi connectivity index (χ2n) is 6.03. The standard InChI is InChI=1S/C16H24OSi/c1-5-8-12(2)15-11-16(18(3,4)17)14-10-7-6-9-13(14)15/h6-7,9-12,16-17H,5,8H2,1-4H3. The van der Waals surface area contributed by atoms with E-state index in [9.17, 15) is 4.80 Å². The van der Waals surface area contributed by atoms with E-state index in [1.165, 1.54) is 29.5 Å². The molecule has 98 valence electrons. The van der Waals surface area contributed by atoms with Crippen molar-refractivity contribution in [2.75, 3.05) is 0 Å². The maximum atomic E-state index is 10.5. The number of allylic oxidation sites excluding steroid dienone is 2. The summed E-state index contributed by atoms with van der Waals surface area (Å²) in [5, 5.41) is 0. The maximum absolute atomic E-state index is 10.5. The highest BCUT2D eigenvalue weighted by Gasteiger charge is 2.36. The summed E-state index contributed by atoms with van der Waals surface area (Å²) in [6.07, 6.45) is 4.78. The van der Waals surface area contributed by atoms with Gasteiger partial charge in [0.25, 0.3) is 0 Å². The van der Waals surface area contributed by atoms with Crippen LogP contribution in [0.1, 0.15) is 43.4 Å². The molecule has 1 aromatic carbocycles. The summed E-state index contributed by atoms with van der Waals surface area (Å²) in [5.41, 5.74) is 4.43. The van der Waals surface area contributed by atoms with Gasteiger partial charge in [-0.3, -0.25) is 0 Å². The van der Waals surface area contributed by atoms with E-state index in [0.29, 0.717) is 5.92 Å². The van der Waals surface area contributed by atoms with E-state index in [1.807, 2.05) is 13.1 Å². The first-order chi connectivity index (χ1) is 8.45. The molecule has 0 aromatic heterocycles. The predicted molar refractivity (Wildman–Crippen MR) is 80.9 cm³/mol. The minimum atomic E-state index is -2.16. The van der Waals surface area contributed by atoms with Gasteiger partial charge in [-0.2, -0.15) is 0 Å². The van der Waals surface area contributed by atoms with Crippen molar-refractivity contribution >= 4 is 13.9 Å². The summed E-state index contributed by atoms with van der Waals surface area (Å²) in [6, 6.07) is 8.60. The van der Waals surface area contributed by atoms with Gasteiger partial charge in [0.1, 0.15) is 0 Å². The summed E-state index contributed by atoms with van der Waals surface area (Å²) in [4.78, 5) is 10.5. The first-order valence-corrected chi connectivity index (χ1v) is 10.0. The molecule has 1 aliphatic carbocycles. The molecule has 0 radical (unpaired) electrons. The van der Waals surface area contributed by atoms with Crippen LogP contribution in [0.25, 0.3) is 5.57 Å². The normalized spacial score (nSPS) is 20.5. The lowest BCUT2D eigenvalue weighted by Gasteiger charge is -2.22. The molecule has 0 fully saturated rings. The maximum Gasteiger partial charge on any atom is 0.193 e. The number of rotatable bonds is 4. The molecule has 0 saturated heterocycles. The molecule has 2 unspecified atom stereocenters. The largest absolute Gasteiger partial charge is 0.431 e. The van der Waals surface area contributed by atoms with E-state index >= 15 is 0 Å². The Morgan fingerprint density at radius 2 is 1.94 bits per heavy atom. The van der Waals surface area contributed by atoms with E-state index in [1.54, 1.807) is 0 Å². The zero-order chi connectivity index (χ0) is 13.3. The van der Waals surface area contributed by atoms with Crippen molar-refractivity contribution in [1.82, 2.24) is 0 Å².